The Morgan fingerprint density at radius 3 is 2.60 bits per heavy atom. The summed E-state index contributed by atoms with van der Waals surface area (Å²) in [4.78, 5) is 16.0. The third-order valence-electron chi connectivity index (χ3n) is 3.62. The lowest BCUT2D eigenvalue weighted by atomic mass is 9.77. The van der Waals surface area contributed by atoms with E-state index in [0.717, 1.165) is 6.07 Å². The van der Waals surface area contributed by atoms with Crippen LogP contribution < -0.4 is 5.73 Å². The number of nitrogens with two attached hydrogens (primary N) is 1. The number of ether oxygens (including phenoxy) is 1. The van der Waals surface area contributed by atoms with Gasteiger partial charge in [0, 0.05) is 5.92 Å². The van der Waals surface area contributed by atoms with E-state index in [1.54, 1.807) is 0 Å². The predicted molar refractivity (Wildman–Crippen MR) is 79.6 cm³/mol. The number of aliphatic imine (C=N–C) groups is 1. The number of nitriles is 1. The van der Waals surface area contributed by atoms with E-state index < -0.39 is 36.4 Å². The summed E-state index contributed by atoms with van der Waals surface area (Å²) in [6, 6.07) is 7.13. The molecule has 1 aliphatic heterocycles. The Bertz CT molecular complexity index is 793. The van der Waals surface area contributed by atoms with Crippen molar-refractivity contribution >= 4 is 11.8 Å². The minimum absolute atomic E-state index is 0.0237. The molecule has 0 spiro atoms. The van der Waals surface area contributed by atoms with Crippen LogP contribution in [-0.2, 0) is 9.53 Å². The molecule has 2 N–H and O–H groups in total. The number of benzene rings is 1. The van der Waals surface area contributed by atoms with Crippen LogP contribution >= 0.6 is 0 Å². The highest BCUT2D eigenvalue weighted by Gasteiger charge is 2.40. The van der Waals surface area contributed by atoms with Crippen molar-refractivity contribution in [2.75, 3.05) is 6.61 Å². The number of rotatable bonds is 3. The van der Waals surface area contributed by atoms with Gasteiger partial charge in [-0.3, -0.25) is 0 Å². The van der Waals surface area contributed by atoms with Crippen molar-refractivity contribution in [1.82, 2.24) is 0 Å². The number of amidine groups is 1. The molecule has 2 atom stereocenters. The van der Waals surface area contributed by atoms with Gasteiger partial charge in [0.1, 0.15) is 17.6 Å². The van der Waals surface area contributed by atoms with Crippen molar-refractivity contribution in [3.05, 3.63) is 46.9 Å². The number of esters is 1. The van der Waals surface area contributed by atoms with Crippen LogP contribution in [0.15, 0.2) is 40.5 Å². The SMILES string of the molecule is CC1=C(C(=O)OCC(F)(F)F)C(c2ccccc2F)C(C#N)C(N)=N1. The number of carbonyl (C=O) groups excluding carboxylic acids is 1. The first kappa shape index (κ1) is 18.4. The topological polar surface area (TPSA) is 88.5 Å². The summed E-state index contributed by atoms with van der Waals surface area (Å²) in [5.74, 6) is -4.63. The largest absolute Gasteiger partial charge is 0.453 e. The Hall–Kier alpha value is -2.89. The van der Waals surface area contributed by atoms with Crippen molar-refractivity contribution in [3.8, 4) is 6.07 Å². The molecule has 0 amide bonds. The molecule has 1 heterocycles. The average Bonchev–Trinajstić information content (AvgIpc) is 2.52. The van der Waals surface area contributed by atoms with Crippen LogP contribution in [0, 0.1) is 23.1 Å². The number of hydrogen-bond acceptors (Lipinski definition) is 5. The molecule has 2 rings (SSSR count). The van der Waals surface area contributed by atoms with Gasteiger partial charge < -0.3 is 10.5 Å². The molecule has 0 aromatic heterocycles. The summed E-state index contributed by atoms with van der Waals surface area (Å²) in [6.07, 6.45) is -4.72. The van der Waals surface area contributed by atoms with Gasteiger partial charge in [0.25, 0.3) is 0 Å². The molecule has 132 valence electrons. The van der Waals surface area contributed by atoms with E-state index in [0.29, 0.717) is 0 Å². The molecule has 0 bridgehead atoms. The summed E-state index contributed by atoms with van der Waals surface area (Å²) in [7, 11) is 0. The maximum absolute atomic E-state index is 14.2. The number of hydrogen-bond donors (Lipinski definition) is 1. The summed E-state index contributed by atoms with van der Waals surface area (Å²) in [6.45, 7) is -0.471. The summed E-state index contributed by atoms with van der Waals surface area (Å²) in [5, 5.41) is 9.34. The van der Waals surface area contributed by atoms with Gasteiger partial charge in [0.2, 0.25) is 0 Å². The van der Waals surface area contributed by atoms with E-state index in [2.05, 4.69) is 9.73 Å². The Morgan fingerprint density at radius 2 is 2.04 bits per heavy atom. The van der Waals surface area contributed by atoms with Gasteiger partial charge >= 0.3 is 12.1 Å². The zero-order chi connectivity index (χ0) is 18.8. The summed E-state index contributed by atoms with van der Waals surface area (Å²) >= 11 is 0. The Kier molecular flexibility index (Phi) is 5.11. The first-order chi connectivity index (χ1) is 11.7. The van der Waals surface area contributed by atoms with Crippen molar-refractivity contribution < 1.29 is 27.1 Å². The quantitative estimate of drug-likeness (QED) is 0.667. The molecule has 0 radical (unpaired) electrons. The number of alkyl halides is 3. The van der Waals surface area contributed by atoms with Crippen LogP contribution in [0.25, 0.3) is 0 Å². The normalized spacial score (nSPS) is 20.7. The minimum Gasteiger partial charge on any atom is -0.453 e. The second-order valence-electron chi connectivity index (χ2n) is 5.33. The summed E-state index contributed by atoms with van der Waals surface area (Å²) in [5.41, 5.74) is 5.30. The number of nitrogens with zero attached hydrogens (tertiary/aromatic N) is 2. The number of halogens is 4. The van der Waals surface area contributed by atoms with Gasteiger partial charge in [-0.2, -0.15) is 18.4 Å². The van der Waals surface area contributed by atoms with Crippen molar-refractivity contribution in [2.45, 2.75) is 19.0 Å². The monoisotopic (exact) mass is 355 g/mol. The molecule has 1 aliphatic rings. The Balaban J connectivity index is 2.52. The van der Waals surface area contributed by atoms with Gasteiger partial charge in [-0.1, -0.05) is 18.2 Å². The van der Waals surface area contributed by atoms with E-state index in [1.165, 1.54) is 25.1 Å². The van der Waals surface area contributed by atoms with Gasteiger partial charge in [0.15, 0.2) is 6.61 Å². The second kappa shape index (κ2) is 6.93. The molecule has 0 saturated heterocycles. The first-order valence-corrected chi connectivity index (χ1v) is 7.08. The van der Waals surface area contributed by atoms with E-state index in [4.69, 9.17) is 5.73 Å². The zero-order valence-corrected chi connectivity index (χ0v) is 13.0. The van der Waals surface area contributed by atoms with Crippen LogP contribution in [0.1, 0.15) is 18.4 Å². The fourth-order valence-corrected chi connectivity index (χ4v) is 2.59. The lowest BCUT2D eigenvalue weighted by Gasteiger charge is -2.28. The Morgan fingerprint density at radius 1 is 1.40 bits per heavy atom. The van der Waals surface area contributed by atoms with E-state index in [9.17, 15) is 27.6 Å². The standard InChI is InChI=1S/C16H13F4N3O2/c1-8-12(15(24)25-7-16(18,19)20)13(10(6-21)14(22)23-8)9-4-2-3-5-11(9)17/h2-5,10,13H,7H2,1H3,(H2,22,23). The van der Waals surface area contributed by atoms with Gasteiger partial charge in [0.05, 0.1) is 17.3 Å². The van der Waals surface area contributed by atoms with E-state index in [1.807, 2.05) is 6.07 Å². The number of allylic oxidation sites excluding steroid dienone is 1. The molecule has 1 aromatic rings. The molecule has 0 fully saturated rings. The van der Waals surface area contributed by atoms with E-state index in [-0.39, 0.29) is 22.7 Å². The summed E-state index contributed by atoms with van der Waals surface area (Å²) < 4.78 is 55.4. The van der Waals surface area contributed by atoms with Crippen LogP contribution in [0.5, 0.6) is 0 Å². The molecular weight excluding hydrogens is 342 g/mol. The molecule has 0 aliphatic carbocycles. The molecular formula is C16H13F4N3O2. The lowest BCUT2D eigenvalue weighted by Crippen LogP contribution is -2.36. The third kappa shape index (κ3) is 3.96. The van der Waals surface area contributed by atoms with Crippen LogP contribution in [0.2, 0.25) is 0 Å². The van der Waals surface area contributed by atoms with Crippen LogP contribution in [0.3, 0.4) is 0 Å². The predicted octanol–water partition coefficient (Wildman–Crippen LogP) is 2.80. The smallest absolute Gasteiger partial charge is 0.422 e. The zero-order valence-electron chi connectivity index (χ0n) is 13.0. The highest BCUT2D eigenvalue weighted by molar-refractivity contribution is 5.98. The molecule has 5 nitrogen and oxygen atoms in total. The minimum atomic E-state index is -4.72. The molecule has 9 heteroatoms. The third-order valence-corrected chi connectivity index (χ3v) is 3.62. The highest BCUT2D eigenvalue weighted by Crippen LogP contribution is 2.39. The first-order valence-electron chi connectivity index (χ1n) is 7.08. The van der Waals surface area contributed by atoms with Crippen LogP contribution in [0.4, 0.5) is 17.6 Å². The van der Waals surface area contributed by atoms with Crippen molar-refractivity contribution in [3.63, 3.8) is 0 Å². The van der Waals surface area contributed by atoms with E-state index >= 15 is 0 Å². The molecule has 0 saturated carbocycles. The average molecular weight is 355 g/mol. The highest BCUT2D eigenvalue weighted by atomic mass is 19.4. The fraction of sp³-hybridized carbons (Fsp3) is 0.312. The lowest BCUT2D eigenvalue weighted by molar-refractivity contribution is -0.183. The molecule has 25 heavy (non-hydrogen) atoms. The van der Waals surface area contributed by atoms with Crippen molar-refractivity contribution in [1.29, 1.82) is 5.26 Å². The van der Waals surface area contributed by atoms with Gasteiger partial charge in [-0.15, -0.1) is 0 Å². The molecule has 2 unspecified atom stereocenters. The second-order valence-corrected chi connectivity index (χ2v) is 5.33. The maximum atomic E-state index is 14.2. The number of carbonyl (C=O) groups is 1. The van der Waals surface area contributed by atoms with Gasteiger partial charge in [-0.05, 0) is 18.6 Å². The Labute approximate surface area is 140 Å². The van der Waals surface area contributed by atoms with Crippen LogP contribution in [-0.4, -0.2) is 24.6 Å². The fourth-order valence-electron chi connectivity index (χ4n) is 2.59. The maximum Gasteiger partial charge on any atom is 0.422 e. The van der Waals surface area contributed by atoms with Crippen molar-refractivity contribution in [2.24, 2.45) is 16.6 Å². The van der Waals surface area contributed by atoms with Gasteiger partial charge in [-0.25, -0.2) is 14.2 Å². The molecule has 1 aromatic carbocycles.